The first-order chi connectivity index (χ1) is 9.11. The Kier molecular flexibility index (Phi) is 4.43. The fourth-order valence-electron chi connectivity index (χ4n) is 2.21. The molecule has 2 rings (SSSR count). The lowest BCUT2D eigenvalue weighted by Crippen LogP contribution is -2.45. The molecule has 1 N–H and O–H groups in total. The molecule has 1 aromatic carbocycles. The second-order valence-electron chi connectivity index (χ2n) is 4.68. The van der Waals surface area contributed by atoms with Gasteiger partial charge < -0.3 is 10.2 Å². The Hall–Kier alpha value is -1.55. The Balaban J connectivity index is 2.01. The summed E-state index contributed by atoms with van der Waals surface area (Å²) in [5.41, 5.74) is 0.596. The van der Waals surface area contributed by atoms with Gasteiger partial charge >= 0.3 is 6.03 Å². The number of para-hydroxylation sites is 1. The van der Waals surface area contributed by atoms with Crippen LogP contribution in [-0.2, 0) is 4.79 Å². The SMILES string of the molecule is CCC1CN(C(=O)Nc2ccccc2Cl)CCC1=O. The van der Waals surface area contributed by atoms with E-state index in [1.54, 1.807) is 17.0 Å². The minimum atomic E-state index is -0.195. The van der Waals surface area contributed by atoms with Crippen LogP contribution < -0.4 is 5.32 Å². The van der Waals surface area contributed by atoms with Crippen LogP contribution in [0.15, 0.2) is 24.3 Å². The van der Waals surface area contributed by atoms with E-state index in [9.17, 15) is 9.59 Å². The first-order valence-corrected chi connectivity index (χ1v) is 6.82. The lowest BCUT2D eigenvalue weighted by Gasteiger charge is -2.31. The summed E-state index contributed by atoms with van der Waals surface area (Å²) in [5.74, 6) is 0.218. The van der Waals surface area contributed by atoms with Crippen molar-refractivity contribution in [3.05, 3.63) is 29.3 Å². The monoisotopic (exact) mass is 280 g/mol. The molecule has 1 unspecified atom stereocenters. The summed E-state index contributed by atoms with van der Waals surface area (Å²) >= 11 is 6.00. The zero-order valence-corrected chi connectivity index (χ0v) is 11.6. The van der Waals surface area contributed by atoms with Crippen LogP contribution in [0, 0.1) is 5.92 Å². The molecule has 5 heteroatoms. The number of halogens is 1. The van der Waals surface area contributed by atoms with E-state index in [4.69, 9.17) is 11.6 Å². The van der Waals surface area contributed by atoms with E-state index in [2.05, 4.69) is 5.32 Å². The van der Waals surface area contributed by atoms with Gasteiger partial charge in [0.25, 0.3) is 0 Å². The maximum absolute atomic E-state index is 12.1. The average molecular weight is 281 g/mol. The van der Waals surface area contributed by atoms with Crippen molar-refractivity contribution in [1.82, 2.24) is 4.90 Å². The highest BCUT2D eigenvalue weighted by atomic mass is 35.5. The highest BCUT2D eigenvalue weighted by molar-refractivity contribution is 6.33. The predicted molar refractivity (Wildman–Crippen MR) is 75.4 cm³/mol. The fourth-order valence-corrected chi connectivity index (χ4v) is 2.39. The van der Waals surface area contributed by atoms with Gasteiger partial charge in [0.15, 0.2) is 0 Å². The molecule has 0 aliphatic carbocycles. The number of rotatable bonds is 2. The Morgan fingerprint density at radius 3 is 2.89 bits per heavy atom. The van der Waals surface area contributed by atoms with Crippen molar-refractivity contribution < 1.29 is 9.59 Å². The molecular formula is C14H17ClN2O2. The number of urea groups is 1. The Labute approximate surface area is 117 Å². The first-order valence-electron chi connectivity index (χ1n) is 6.45. The number of piperidine rings is 1. The third-order valence-corrected chi connectivity index (χ3v) is 3.75. The third kappa shape index (κ3) is 3.26. The zero-order chi connectivity index (χ0) is 13.8. The van der Waals surface area contributed by atoms with Crippen molar-refractivity contribution in [2.45, 2.75) is 19.8 Å². The number of amides is 2. The van der Waals surface area contributed by atoms with Crippen LogP contribution in [0.3, 0.4) is 0 Å². The minimum absolute atomic E-state index is 0.0363. The number of ketones is 1. The van der Waals surface area contributed by atoms with Crippen LogP contribution in [0.5, 0.6) is 0 Å². The topological polar surface area (TPSA) is 49.4 Å². The van der Waals surface area contributed by atoms with Crippen LogP contribution in [0.4, 0.5) is 10.5 Å². The Morgan fingerprint density at radius 1 is 1.47 bits per heavy atom. The molecule has 1 fully saturated rings. The molecule has 1 aliphatic rings. The van der Waals surface area contributed by atoms with Crippen molar-refractivity contribution in [2.24, 2.45) is 5.92 Å². The van der Waals surface area contributed by atoms with Gasteiger partial charge in [-0.15, -0.1) is 0 Å². The van der Waals surface area contributed by atoms with E-state index >= 15 is 0 Å². The van der Waals surface area contributed by atoms with E-state index in [-0.39, 0.29) is 17.7 Å². The number of benzene rings is 1. The van der Waals surface area contributed by atoms with E-state index < -0.39 is 0 Å². The molecule has 0 saturated carbocycles. The number of carbonyl (C=O) groups excluding carboxylic acids is 2. The zero-order valence-electron chi connectivity index (χ0n) is 10.9. The molecule has 2 amide bonds. The van der Waals surface area contributed by atoms with Crippen molar-refractivity contribution >= 4 is 29.1 Å². The van der Waals surface area contributed by atoms with E-state index in [1.165, 1.54) is 0 Å². The summed E-state index contributed by atoms with van der Waals surface area (Å²) in [5, 5.41) is 3.29. The number of nitrogens with zero attached hydrogens (tertiary/aromatic N) is 1. The van der Waals surface area contributed by atoms with Crippen LogP contribution in [-0.4, -0.2) is 29.8 Å². The largest absolute Gasteiger partial charge is 0.323 e. The van der Waals surface area contributed by atoms with Gasteiger partial charge in [-0.25, -0.2) is 4.79 Å². The molecule has 1 aromatic rings. The number of hydrogen-bond acceptors (Lipinski definition) is 2. The fraction of sp³-hybridized carbons (Fsp3) is 0.429. The molecule has 102 valence electrons. The number of anilines is 1. The highest BCUT2D eigenvalue weighted by Crippen LogP contribution is 2.22. The maximum Gasteiger partial charge on any atom is 0.321 e. The maximum atomic E-state index is 12.1. The van der Waals surface area contributed by atoms with Gasteiger partial charge in [-0.3, -0.25) is 4.79 Å². The molecule has 1 atom stereocenters. The number of nitrogens with one attached hydrogen (secondary N) is 1. The first kappa shape index (κ1) is 13.9. The van der Waals surface area contributed by atoms with Crippen LogP contribution >= 0.6 is 11.6 Å². The van der Waals surface area contributed by atoms with E-state index in [0.717, 1.165) is 6.42 Å². The lowest BCUT2D eigenvalue weighted by atomic mass is 9.94. The number of carbonyl (C=O) groups is 2. The summed E-state index contributed by atoms with van der Waals surface area (Å²) in [4.78, 5) is 25.4. The molecule has 1 aliphatic heterocycles. The third-order valence-electron chi connectivity index (χ3n) is 3.42. The highest BCUT2D eigenvalue weighted by Gasteiger charge is 2.28. The van der Waals surface area contributed by atoms with Gasteiger partial charge in [0.05, 0.1) is 10.7 Å². The van der Waals surface area contributed by atoms with E-state index in [0.29, 0.717) is 30.2 Å². The molecule has 1 heterocycles. The molecular weight excluding hydrogens is 264 g/mol. The number of hydrogen-bond donors (Lipinski definition) is 1. The molecule has 19 heavy (non-hydrogen) atoms. The summed E-state index contributed by atoms with van der Waals surface area (Å²) < 4.78 is 0. The second-order valence-corrected chi connectivity index (χ2v) is 5.08. The van der Waals surface area contributed by atoms with Crippen LogP contribution in [0.25, 0.3) is 0 Å². The van der Waals surface area contributed by atoms with Crippen LogP contribution in [0.2, 0.25) is 5.02 Å². The summed E-state index contributed by atoms with van der Waals surface area (Å²) in [7, 11) is 0. The molecule has 1 saturated heterocycles. The molecule has 0 bridgehead atoms. The van der Waals surface area contributed by atoms with Crippen molar-refractivity contribution in [3.63, 3.8) is 0 Å². The van der Waals surface area contributed by atoms with Gasteiger partial charge in [-0.05, 0) is 18.6 Å². The average Bonchev–Trinajstić information content (AvgIpc) is 2.42. The molecule has 0 aromatic heterocycles. The number of Topliss-reactive ketones (excluding diaryl/α,β-unsaturated/α-hetero) is 1. The van der Waals surface area contributed by atoms with Crippen molar-refractivity contribution in [1.29, 1.82) is 0 Å². The quantitative estimate of drug-likeness (QED) is 0.904. The Morgan fingerprint density at radius 2 is 2.21 bits per heavy atom. The summed E-state index contributed by atoms with van der Waals surface area (Å²) in [6.45, 7) is 2.94. The second kappa shape index (κ2) is 6.06. The van der Waals surface area contributed by atoms with Crippen molar-refractivity contribution in [3.8, 4) is 0 Å². The van der Waals surface area contributed by atoms with Gasteiger partial charge in [-0.1, -0.05) is 30.7 Å². The molecule has 0 spiro atoms. The molecule has 0 radical (unpaired) electrons. The lowest BCUT2D eigenvalue weighted by molar-refractivity contribution is -0.125. The number of likely N-dealkylation sites (tertiary alicyclic amines) is 1. The molecule has 4 nitrogen and oxygen atoms in total. The smallest absolute Gasteiger partial charge is 0.321 e. The van der Waals surface area contributed by atoms with E-state index in [1.807, 2.05) is 19.1 Å². The minimum Gasteiger partial charge on any atom is -0.323 e. The Bertz CT molecular complexity index is 490. The summed E-state index contributed by atoms with van der Waals surface area (Å²) in [6.07, 6.45) is 1.21. The van der Waals surface area contributed by atoms with Gasteiger partial charge in [0.1, 0.15) is 5.78 Å². The standard InChI is InChI=1S/C14H17ClN2O2/c1-2-10-9-17(8-7-13(10)18)14(19)16-12-6-4-3-5-11(12)15/h3-6,10H,2,7-9H2,1H3,(H,16,19). The van der Waals surface area contributed by atoms with Crippen molar-refractivity contribution in [2.75, 3.05) is 18.4 Å². The normalized spacial score (nSPS) is 19.4. The van der Waals surface area contributed by atoms with Crippen LogP contribution in [0.1, 0.15) is 19.8 Å². The van der Waals surface area contributed by atoms with Gasteiger partial charge in [0, 0.05) is 25.4 Å². The summed E-state index contributed by atoms with van der Waals surface area (Å²) in [6, 6.07) is 6.91. The predicted octanol–water partition coefficient (Wildman–Crippen LogP) is 3.17. The van der Waals surface area contributed by atoms with Gasteiger partial charge in [0.2, 0.25) is 0 Å². The van der Waals surface area contributed by atoms with Gasteiger partial charge in [-0.2, -0.15) is 0 Å².